The van der Waals surface area contributed by atoms with E-state index in [1.807, 2.05) is 0 Å². The third-order valence-corrected chi connectivity index (χ3v) is 7.59. The van der Waals surface area contributed by atoms with Gasteiger partial charge in [-0.2, -0.15) is 18.3 Å². The molecule has 2 amide bonds. The molecule has 0 saturated heterocycles. The zero-order chi connectivity index (χ0) is 27.5. The zero-order valence-corrected chi connectivity index (χ0v) is 20.8. The number of halogens is 3. The maximum Gasteiger partial charge on any atom is 0.417 e. The lowest BCUT2D eigenvalue weighted by atomic mass is 9.53. The normalized spacial score (nSPS) is 22.4. The zero-order valence-electron chi connectivity index (χ0n) is 20.8. The molecule has 2 saturated carbocycles. The predicted octanol–water partition coefficient (Wildman–Crippen LogP) is 3.46. The van der Waals surface area contributed by atoms with Gasteiger partial charge in [-0.15, -0.1) is 5.10 Å². The second-order valence-corrected chi connectivity index (χ2v) is 10.3. The third kappa shape index (κ3) is 4.37. The summed E-state index contributed by atoms with van der Waals surface area (Å²) in [4.78, 5) is 28.7. The van der Waals surface area contributed by atoms with Crippen LogP contribution in [0.2, 0.25) is 0 Å². The smallest absolute Gasteiger partial charge is 0.417 e. The van der Waals surface area contributed by atoms with Gasteiger partial charge >= 0.3 is 6.18 Å². The molecule has 0 aliphatic heterocycles. The summed E-state index contributed by atoms with van der Waals surface area (Å²) >= 11 is 0. The van der Waals surface area contributed by atoms with Crippen molar-refractivity contribution < 1.29 is 27.5 Å². The van der Waals surface area contributed by atoms with Crippen LogP contribution in [-0.2, 0) is 6.18 Å². The number of amides is 2. The lowest BCUT2D eigenvalue weighted by Gasteiger charge is -2.57. The number of primary amides is 1. The van der Waals surface area contributed by atoms with Gasteiger partial charge in [0.15, 0.2) is 5.82 Å². The summed E-state index contributed by atoms with van der Waals surface area (Å²) in [6.07, 6.45) is 2.41. The Balaban J connectivity index is 1.04. The van der Waals surface area contributed by atoms with Gasteiger partial charge in [-0.3, -0.25) is 9.59 Å². The molecule has 4 heterocycles. The van der Waals surface area contributed by atoms with Gasteiger partial charge in [-0.25, -0.2) is 14.2 Å². The lowest BCUT2D eigenvalue weighted by Crippen LogP contribution is -2.58. The van der Waals surface area contributed by atoms with Gasteiger partial charge in [0, 0.05) is 18.4 Å². The number of carbonyl (C=O) groups is 2. The highest BCUT2D eigenvalue weighted by atomic mass is 19.4. The number of ether oxygens (including phenoxy) is 1. The van der Waals surface area contributed by atoms with Crippen LogP contribution in [0.3, 0.4) is 0 Å². The monoisotopic (exact) mass is 539 g/mol. The van der Waals surface area contributed by atoms with Crippen molar-refractivity contribution in [3.8, 4) is 11.7 Å². The Morgan fingerprint density at radius 2 is 1.90 bits per heavy atom. The second kappa shape index (κ2) is 8.82. The van der Waals surface area contributed by atoms with E-state index in [0.29, 0.717) is 16.8 Å². The molecule has 10 nitrogen and oxygen atoms in total. The Labute approximate surface area is 220 Å². The molecule has 0 unspecified atom stereocenters. The van der Waals surface area contributed by atoms with Crippen LogP contribution in [-0.4, -0.2) is 48.3 Å². The average Bonchev–Trinajstić information content (AvgIpc) is 3.41. The number of aromatic nitrogens is 5. The van der Waals surface area contributed by atoms with Gasteiger partial charge in [0.2, 0.25) is 5.88 Å². The molecule has 1 spiro atoms. The maximum atomic E-state index is 12.9. The summed E-state index contributed by atoms with van der Waals surface area (Å²) in [5.74, 6) is -0.478. The highest BCUT2D eigenvalue weighted by Crippen LogP contribution is 2.57. The number of nitrogens with zero attached hydrogens (tertiary/aromatic N) is 5. The number of hydrogen-bond donors (Lipinski definition) is 2. The summed E-state index contributed by atoms with van der Waals surface area (Å²) in [7, 11) is 0. The number of pyridine rings is 2. The van der Waals surface area contributed by atoms with Crippen LogP contribution in [0.4, 0.5) is 13.2 Å². The van der Waals surface area contributed by atoms with Crippen LogP contribution >= 0.6 is 0 Å². The molecule has 0 atom stereocenters. The molecular weight excluding hydrogens is 515 g/mol. The molecule has 4 aromatic heterocycles. The van der Waals surface area contributed by atoms with Crippen LogP contribution in [0.1, 0.15) is 57.7 Å². The summed E-state index contributed by atoms with van der Waals surface area (Å²) in [6.45, 7) is 1.66. The first-order chi connectivity index (χ1) is 18.5. The highest BCUT2D eigenvalue weighted by molar-refractivity contribution is 6.02. The molecular formula is C26H24F3N7O3. The average molecular weight is 540 g/mol. The standard InChI is InChI=1S/C26H24F3N7O3/c1-14-18(13-32-36(14)20-6-5-15(12-31-20)26(27,28)29)23(38)33-16-8-25(9-16)10-17(11-25)39-24-21(22(30)37)19-4-2-3-7-35(19)34-24/h2-7,12-13,16-17H,8-11H2,1H3,(H2,30,37)(H,33,38). The number of nitrogens with two attached hydrogens (primary N) is 1. The van der Waals surface area contributed by atoms with Crippen LogP contribution in [0.5, 0.6) is 5.88 Å². The predicted molar refractivity (Wildman–Crippen MR) is 131 cm³/mol. The van der Waals surface area contributed by atoms with Gasteiger partial charge in [-0.1, -0.05) is 6.07 Å². The topological polar surface area (TPSA) is 129 Å². The molecule has 2 fully saturated rings. The Bertz CT molecular complexity index is 1580. The molecule has 202 valence electrons. The van der Waals surface area contributed by atoms with E-state index in [2.05, 4.69) is 20.5 Å². The van der Waals surface area contributed by atoms with Crippen molar-refractivity contribution in [2.45, 2.75) is 50.9 Å². The number of nitrogens with one attached hydrogen (secondary N) is 1. The number of carbonyl (C=O) groups excluding carboxylic acids is 2. The summed E-state index contributed by atoms with van der Waals surface area (Å²) in [5.41, 5.74) is 6.44. The number of hydrogen-bond acceptors (Lipinski definition) is 6. The van der Waals surface area contributed by atoms with Crippen molar-refractivity contribution in [2.24, 2.45) is 11.1 Å². The SMILES string of the molecule is Cc1c(C(=O)NC2CC3(C2)CC(Oc2nn4ccccc4c2C(N)=O)C3)cnn1-c1ccc(C(F)(F)F)cn1. The molecule has 13 heteroatoms. The number of fused-ring (bicyclic) bond motifs is 1. The highest BCUT2D eigenvalue weighted by Gasteiger charge is 2.54. The van der Waals surface area contributed by atoms with Gasteiger partial charge < -0.3 is 15.8 Å². The Hall–Kier alpha value is -4.42. The van der Waals surface area contributed by atoms with E-state index < -0.39 is 17.6 Å². The van der Waals surface area contributed by atoms with Crippen LogP contribution < -0.4 is 15.8 Å². The van der Waals surface area contributed by atoms with Crippen molar-refractivity contribution in [1.29, 1.82) is 0 Å². The molecule has 0 aromatic carbocycles. The van der Waals surface area contributed by atoms with Crippen LogP contribution in [0.25, 0.3) is 11.3 Å². The molecule has 2 aliphatic carbocycles. The fourth-order valence-electron chi connectivity index (χ4n) is 5.67. The van der Waals surface area contributed by atoms with Crippen LogP contribution in [0, 0.1) is 12.3 Å². The van der Waals surface area contributed by atoms with E-state index in [9.17, 15) is 22.8 Å². The van der Waals surface area contributed by atoms with Crippen molar-refractivity contribution in [3.05, 3.63) is 71.3 Å². The summed E-state index contributed by atoms with van der Waals surface area (Å²) < 4.78 is 47.4. The molecule has 2 aliphatic rings. The lowest BCUT2D eigenvalue weighted by molar-refractivity contribution is -0.137. The third-order valence-electron chi connectivity index (χ3n) is 7.59. The minimum Gasteiger partial charge on any atom is -0.473 e. The van der Waals surface area contributed by atoms with Crippen molar-refractivity contribution in [3.63, 3.8) is 0 Å². The minimum absolute atomic E-state index is 0.0123. The summed E-state index contributed by atoms with van der Waals surface area (Å²) in [5, 5.41) is 11.5. The largest absolute Gasteiger partial charge is 0.473 e. The van der Waals surface area contributed by atoms with Crippen molar-refractivity contribution >= 4 is 17.3 Å². The van der Waals surface area contributed by atoms with Crippen LogP contribution in [0.15, 0.2) is 48.9 Å². The Kier molecular flexibility index (Phi) is 5.63. The van der Waals surface area contributed by atoms with Gasteiger partial charge in [0.05, 0.1) is 28.5 Å². The molecule has 4 aromatic rings. The fourth-order valence-corrected chi connectivity index (χ4v) is 5.67. The fraction of sp³-hybridized carbons (Fsp3) is 0.346. The first-order valence-corrected chi connectivity index (χ1v) is 12.4. The molecule has 0 radical (unpaired) electrons. The first-order valence-electron chi connectivity index (χ1n) is 12.4. The van der Waals surface area contributed by atoms with E-state index in [1.165, 1.54) is 16.9 Å². The minimum atomic E-state index is -4.48. The van der Waals surface area contributed by atoms with Gasteiger partial charge in [-0.05, 0) is 62.3 Å². The van der Waals surface area contributed by atoms with E-state index in [1.54, 1.807) is 35.8 Å². The van der Waals surface area contributed by atoms with E-state index >= 15 is 0 Å². The van der Waals surface area contributed by atoms with Gasteiger partial charge in [0.1, 0.15) is 11.7 Å². The Morgan fingerprint density at radius 1 is 1.13 bits per heavy atom. The molecule has 39 heavy (non-hydrogen) atoms. The van der Waals surface area contributed by atoms with E-state index in [0.717, 1.165) is 37.9 Å². The number of alkyl halides is 3. The van der Waals surface area contributed by atoms with E-state index in [-0.39, 0.29) is 40.7 Å². The summed E-state index contributed by atoms with van der Waals surface area (Å²) in [6, 6.07) is 7.49. The Morgan fingerprint density at radius 3 is 2.56 bits per heavy atom. The molecule has 3 N–H and O–H groups in total. The first kappa shape index (κ1) is 24.9. The molecule has 6 rings (SSSR count). The molecule has 0 bridgehead atoms. The van der Waals surface area contributed by atoms with E-state index in [4.69, 9.17) is 10.5 Å². The van der Waals surface area contributed by atoms with Crippen molar-refractivity contribution in [1.82, 2.24) is 29.7 Å². The quantitative estimate of drug-likeness (QED) is 0.386. The number of rotatable bonds is 6. The van der Waals surface area contributed by atoms with Gasteiger partial charge in [0.25, 0.3) is 11.8 Å². The second-order valence-electron chi connectivity index (χ2n) is 10.3. The van der Waals surface area contributed by atoms with Crippen molar-refractivity contribution in [2.75, 3.05) is 0 Å². The maximum absolute atomic E-state index is 12.9.